The van der Waals surface area contributed by atoms with E-state index in [-0.39, 0.29) is 11.8 Å². The second kappa shape index (κ2) is 10.6. The molecule has 0 radical (unpaired) electrons. The van der Waals surface area contributed by atoms with Gasteiger partial charge >= 0.3 is 5.97 Å². The van der Waals surface area contributed by atoms with Crippen LogP contribution in [0.5, 0.6) is 0 Å². The monoisotopic (exact) mass is 399 g/mol. The predicted octanol–water partition coefficient (Wildman–Crippen LogP) is -2.09. The van der Waals surface area contributed by atoms with Crippen molar-refractivity contribution in [3.8, 4) is 0 Å². The number of hydrogen-bond acceptors (Lipinski definition) is 6. The largest absolute Gasteiger partial charge is 0.480 e. The molecule has 7 N–H and O–H groups in total. The fraction of sp³-hybridized carbons (Fsp3) is 0.706. The van der Waals surface area contributed by atoms with Gasteiger partial charge in [0.1, 0.15) is 12.1 Å². The molecule has 3 atom stereocenters. The number of carboxylic acid groups (broad SMARTS) is 1. The Kier molecular flexibility index (Phi) is 8.83. The first-order valence-electron chi connectivity index (χ1n) is 9.17. The van der Waals surface area contributed by atoms with Crippen LogP contribution < -0.4 is 22.1 Å². The number of nitrogens with one attached hydrogen (secondary N) is 2. The average molecular weight is 399 g/mol. The molecular formula is C17H29N5O6. The van der Waals surface area contributed by atoms with Crippen LogP contribution in [-0.2, 0) is 24.0 Å². The van der Waals surface area contributed by atoms with Gasteiger partial charge in [0.25, 0.3) is 0 Å². The molecule has 28 heavy (non-hydrogen) atoms. The van der Waals surface area contributed by atoms with Crippen molar-refractivity contribution in [2.75, 3.05) is 13.1 Å². The Hall–Kier alpha value is -2.69. The van der Waals surface area contributed by atoms with E-state index in [1.807, 2.05) is 13.8 Å². The molecule has 158 valence electrons. The summed E-state index contributed by atoms with van der Waals surface area (Å²) in [5, 5.41) is 13.5. The Morgan fingerprint density at radius 3 is 2.39 bits per heavy atom. The fourth-order valence-electron chi connectivity index (χ4n) is 3.06. The van der Waals surface area contributed by atoms with Gasteiger partial charge in [0, 0.05) is 6.54 Å². The number of carboxylic acids is 1. The Labute approximate surface area is 163 Å². The van der Waals surface area contributed by atoms with E-state index in [1.54, 1.807) is 0 Å². The lowest BCUT2D eigenvalue weighted by molar-refractivity contribution is -0.143. The van der Waals surface area contributed by atoms with Crippen LogP contribution in [0.3, 0.4) is 0 Å². The lowest BCUT2D eigenvalue weighted by Crippen LogP contribution is -2.53. The van der Waals surface area contributed by atoms with Crippen LogP contribution >= 0.6 is 0 Å². The predicted molar refractivity (Wildman–Crippen MR) is 98.6 cm³/mol. The van der Waals surface area contributed by atoms with Crippen molar-refractivity contribution in [2.45, 2.75) is 57.7 Å². The Morgan fingerprint density at radius 2 is 1.86 bits per heavy atom. The zero-order valence-electron chi connectivity index (χ0n) is 16.1. The van der Waals surface area contributed by atoms with Crippen LogP contribution in [0, 0.1) is 5.92 Å². The SMILES string of the molecule is CC(C)CC(N)C(=O)N1CCCC1C(=O)NCC(=O)NC(CC(N)=O)C(=O)O. The smallest absolute Gasteiger partial charge is 0.326 e. The number of carbonyl (C=O) groups excluding carboxylic acids is 4. The molecule has 0 aromatic heterocycles. The highest BCUT2D eigenvalue weighted by molar-refractivity contribution is 5.93. The van der Waals surface area contributed by atoms with Gasteiger partial charge in [-0.3, -0.25) is 19.2 Å². The minimum Gasteiger partial charge on any atom is -0.480 e. The van der Waals surface area contributed by atoms with Gasteiger partial charge in [-0.2, -0.15) is 0 Å². The number of amides is 4. The zero-order chi connectivity index (χ0) is 21.4. The normalized spacial score (nSPS) is 18.4. The third-order valence-electron chi connectivity index (χ3n) is 4.34. The first-order chi connectivity index (χ1) is 13.0. The van der Waals surface area contributed by atoms with Crippen molar-refractivity contribution in [2.24, 2.45) is 17.4 Å². The van der Waals surface area contributed by atoms with Gasteiger partial charge in [-0.1, -0.05) is 13.8 Å². The van der Waals surface area contributed by atoms with Gasteiger partial charge in [-0.25, -0.2) is 4.79 Å². The van der Waals surface area contributed by atoms with Crippen LogP contribution in [0.2, 0.25) is 0 Å². The summed E-state index contributed by atoms with van der Waals surface area (Å²) < 4.78 is 0. The van der Waals surface area contributed by atoms with Gasteiger partial charge in [-0.05, 0) is 25.2 Å². The lowest BCUT2D eigenvalue weighted by Gasteiger charge is -2.27. The Bertz CT molecular complexity index is 623. The number of carbonyl (C=O) groups is 5. The first-order valence-corrected chi connectivity index (χ1v) is 9.17. The van der Waals surface area contributed by atoms with Crippen molar-refractivity contribution in [3.05, 3.63) is 0 Å². The summed E-state index contributed by atoms with van der Waals surface area (Å²) in [5.41, 5.74) is 10.9. The number of nitrogens with two attached hydrogens (primary N) is 2. The number of rotatable bonds is 10. The highest BCUT2D eigenvalue weighted by Crippen LogP contribution is 2.19. The maximum Gasteiger partial charge on any atom is 0.326 e. The molecule has 1 aliphatic rings. The van der Waals surface area contributed by atoms with Crippen LogP contribution in [0.25, 0.3) is 0 Å². The number of hydrogen-bond donors (Lipinski definition) is 5. The molecule has 11 heteroatoms. The summed E-state index contributed by atoms with van der Waals surface area (Å²) in [6, 6.07) is -2.89. The quantitative estimate of drug-likeness (QED) is 0.279. The number of likely N-dealkylation sites (tertiary alicyclic amines) is 1. The van der Waals surface area contributed by atoms with Crippen molar-refractivity contribution in [3.63, 3.8) is 0 Å². The molecular weight excluding hydrogens is 370 g/mol. The van der Waals surface area contributed by atoms with E-state index >= 15 is 0 Å². The summed E-state index contributed by atoms with van der Waals surface area (Å²) in [7, 11) is 0. The topological polar surface area (TPSA) is 185 Å². The van der Waals surface area contributed by atoms with Crippen LogP contribution in [0.1, 0.15) is 39.5 Å². The van der Waals surface area contributed by atoms with E-state index in [9.17, 15) is 24.0 Å². The standard InChI is InChI=1S/C17H29N5O6/c1-9(2)6-10(18)16(26)22-5-3-4-12(22)15(25)20-8-14(24)21-11(17(27)28)7-13(19)23/h9-12H,3-8,18H2,1-2H3,(H2,19,23)(H,20,25)(H,21,24)(H,27,28). The van der Waals surface area contributed by atoms with Gasteiger partial charge in [-0.15, -0.1) is 0 Å². The van der Waals surface area contributed by atoms with Crippen molar-refractivity contribution < 1.29 is 29.1 Å². The zero-order valence-corrected chi connectivity index (χ0v) is 16.1. The van der Waals surface area contributed by atoms with E-state index in [1.165, 1.54) is 4.90 Å². The first kappa shape index (κ1) is 23.3. The summed E-state index contributed by atoms with van der Waals surface area (Å²) in [5.74, 6) is -3.66. The number of aliphatic carboxylic acids is 1. The molecule has 4 amide bonds. The maximum absolute atomic E-state index is 12.5. The van der Waals surface area contributed by atoms with Gasteiger partial charge in [0.05, 0.1) is 19.0 Å². The highest BCUT2D eigenvalue weighted by atomic mass is 16.4. The number of nitrogens with zero attached hydrogens (tertiary/aromatic N) is 1. The molecule has 3 unspecified atom stereocenters. The van der Waals surface area contributed by atoms with Crippen LogP contribution in [0.15, 0.2) is 0 Å². The molecule has 1 fully saturated rings. The summed E-state index contributed by atoms with van der Waals surface area (Å²) >= 11 is 0. The van der Waals surface area contributed by atoms with Crippen molar-refractivity contribution in [1.82, 2.24) is 15.5 Å². The molecule has 1 saturated heterocycles. The van der Waals surface area contributed by atoms with Crippen LogP contribution in [0.4, 0.5) is 0 Å². The third kappa shape index (κ3) is 7.14. The molecule has 0 saturated carbocycles. The van der Waals surface area contributed by atoms with Gasteiger partial charge < -0.3 is 32.1 Å². The number of primary amides is 1. The summed E-state index contributed by atoms with van der Waals surface area (Å²) in [6.07, 6.45) is 1.04. The summed E-state index contributed by atoms with van der Waals surface area (Å²) in [4.78, 5) is 60.0. The van der Waals surface area contributed by atoms with Crippen molar-refractivity contribution >= 4 is 29.6 Å². The second-order valence-electron chi connectivity index (χ2n) is 7.27. The molecule has 0 aliphatic carbocycles. The molecule has 1 heterocycles. The van der Waals surface area contributed by atoms with Gasteiger partial charge in [0.15, 0.2) is 0 Å². The minimum atomic E-state index is -1.47. The molecule has 1 aliphatic heterocycles. The van der Waals surface area contributed by atoms with E-state index < -0.39 is 54.8 Å². The molecule has 0 aromatic carbocycles. The Balaban J connectivity index is 2.59. The molecule has 0 spiro atoms. The molecule has 0 aromatic rings. The Morgan fingerprint density at radius 1 is 1.21 bits per heavy atom. The molecule has 11 nitrogen and oxygen atoms in total. The maximum atomic E-state index is 12.5. The van der Waals surface area contributed by atoms with Crippen LogP contribution in [-0.4, -0.2) is 70.8 Å². The van der Waals surface area contributed by atoms with Crippen molar-refractivity contribution in [1.29, 1.82) is 0 Å². The molecule has 1 rings (SSSR count). The average Bonchev–Trinajstić information content (AvgIpc) is 3.06. The highest BCUT2D eigenvalue weighted by Gasteiger charge is 2.36. The van der Waals surface area contributed by atoms with Gasteiger partial charge in [0.2, 0.25) is 23.6 Å². The second-order valence-corrected chi connectivity index (χ2v) is 7.27. The third-order valence-corrected chi connectivity index (χ3v) is 4.34. The summed E-state index contributed by atoms with van der Waals surface area (Å²) in [6.45, 7) is 3.82. The van der Waals surface area contributed by atoms with E-state index in [0.29, 0.717) is 25.8 Å². The van der Waals surface area contributed by atoms with E-state index in [4.69, 9.17) is 16.6 Å². The lowest BCUT2D eigenvalue weighted by atomic mass is 10.0. The fourth-order valence-corrected chi connectivity index (χ4v) is 3.06. The minimum absolute atomic E-state index is 0.236. The van der Waals surface area contributed by atoms with E-state index in [0.717, 1.165) is 0 Å². The molecule has 0 bridgehead atoms. The van der Waals surface area contributed by atoms with E-state index in [2.05, 4.69) is 10.6 Å².